The Kier molecular flexibility index (Phi) is 3.63. The van der Waals surface area contributed by atoms with Gasteiger partial charge in [0.1, 0.15) is 11.3 Å². The van der Waals surface area contributed by atoms with Crippen molar-refractivity contribution in [1.29, 1.82) is 0 Å². The van der Waals surface area contributed by atoms with E-state index in [9.17, 15) is 9.90 Å². The van der Waals surface area contributed by atoms with E-state index < -0.39 is 5.60 Å². The molecular weight excluding hydrogens is 330 g/mol. The third kappa shape index (κ3) is 2.66. The highest BCUT2D eigenvalue weighted by molar-refractivity contribution is 5.90. The van der Waals surface area contributed by atoms with Gasteiger partial charge in [-0.1, -0.05) is 24.0 Å². The van der Waals surface area contributed by atoms with Crippen molar-refractivity contribution in [2.45, 2.75) is 12.0 Å². The fraction of sp³-hybridized carbons (Fsp3) is 0.211. The lowest BCUT2D eigenvalue weighted by Gasteiger charge is -2.13. The van der Waals surface area contributed by atoms with Gasteiger partial charge in [0, 0.05) is 37.3 Å². The van der Waals surface area contributed by atoms with Crippen LogP contribution in [0.2, 0.25) is 0 Å². The highest BCUT2D eigenvalue weighted by Crippen LogP contribution is 2.24. The van der Waals surface area contributed by atoms with Crippen LogP contribution >= 0.6 is 0 Å². The van der Waals surface area contributed by atoms with E-state index in [0.717, 1.165) is 11.1 Å². The first kappa shape index (κ1) is 16.1. The number of carbonyl (C=O) groups excluding carboxylic acids is 1. The summed E-state index contributed by atoms with van der Waals surface area (Å²) in [4.78, 5) is 25.2. The molecule has 0 aliphatic carbocycles. The summed E-state index contributed by atoms with van der Waals surface area (Å²) >= 11 is 0. The molecule has 3 heterocycles. The second-order valence-corrected chi connectivity index (χ2v) is 6.35. The average Bonchev–Trinajstić information content (AvgIpc) is 3.19. The Morgan fingerprint density at radius 3 is 2.96 bits per heavy atom. The van der Waals surface area contributed by atoms with Crippen LogP contribution in [0, 0.1) is 11.8 Å². The van der Waals surface area contributed by atoms with E-state index in [1.807, 2.05) is 30.3 Å². The molecule has 7 heteroatoms. The second-order valence-electron chi connectivity index (χ2n) is 6.35. The van der Waals surface area contributed by atoms with Crippen molar-refractivity contribution in [1.82, 2.24) is 19.9 Å². The van der Waals surface area contributed by atoms with Crippen LogP contribution in [0.25, 0.3) is 22.4 Å². The number of benzene rings is 1. The summed E-state index contributed by atoms with van der Waals surface area (Å²) in [5.41, 5.74) is 7.18. The van der Waals surface area contributed by atoms with E-state index >= 15 is 0 Å². The molecule has 0 radical (unpaired) electrons. The van der Waals surface area contributed by atoms with Gasteiger partial charge in [0.2, 0.25) is 5.60 Å². The summed E-state index contributed by atoms with van der Waals surface area (Å²) in [5.74, 6) is 6.29. The number of hydrogen-bond donors (Lipinski definition) is 3. The first-order valence-electron chi connectivity index (χ1n) is 8.18. The van der Waals surface area contributed by atoms with Gasteiger partial charge in [0.25, 0.3) is 5.91 Å². The van der Waals surface area contributed by atoms with Gasteiger partial charge in [-0.3, -0.25) is 4.79 Å². The minimum absolute atomic E-state index is 0.310. The monoisotopic (exact) mass is 347 g/mol. The molecule has 1 fully saturated rings. The largest absolute Gasteiger partial charge is 0.382 e. The van der Waals surface area contributed by atoms with E-state index in [-0.39, 0.29) is 5.91 Å². The highest BCUT2D eigenvalue weighted by Gasteiger charge is 2.42. The molecule has 1 aliphatic rings. The third-order valence-corrected chi connectivity index (χ3v) is 4.49. The number of rotatable bonds is 1. The van der Waals surface area contributed by atoms with Gasteiger partial charge >= 0.3 is 0 Å². The van der Waals surface area contributed by atoms with Gasteiger partial charge < -0.3 is 20.7 Å². The molecule has 3 aromatic rings. The van der Waals surface area contributed by atoms with E-state index in [1.165, 1.54) is 4.90 Å². The lowest BCUT2D eigenvalue weighted by atomic mass is 10.0. The average molecular weight is 347 g/mol. The Morgan fingerprint density at radius 2 is 2.23 bits per heavy atom. The molecule has 2 aromatic heterocycles. The van der Waals surface area contributed by atoms with Crippen molar-refractivity contribution in [3.05, 3.63) is 42.1 Å². The number of nitrogens with two attached hydrogens (primary N) is 1. The van der Waals surface area contributed by atoms with Crippen molar-refractivity contribution in [3.8, 4) is 23.2 Å². The smallest absolute Gasteiger partial charge is 0.267 e. The number of carbonyl (C=O) groups is 1. The third-order valence-electron chi connectivity index (χ3n) is 4.49. The first-order chi connectivity index (χ1) is 12.5. The molecule has 1 aliphatic heterocycles. The Balaban J connectivity index is 1.68. The SMILES string of the molecule is CN1CC[C@@](O)(C#Cc2cccc(-c3nc4c(N)nccc4[nH]3)c2)C1=O. The fourth-order valence-electron chi connectivity index (χ4n) is 2.98. The van der Waals surface area contributed by atoms with Gasteiger partial charge in [-0.25, -0.2) is 9.97 Å². The highest BCUT2D eigenvalue weighted by atomic mass is 16.3. The second kappa shape index (κ2) is 5.86. The number of nitrogen functional groups attached to an aromatic ring is 1. The number of imidazole rings is 1. The van der Waals surface area contributed by atoms with Crippen molar-refractivity contribution in [2.75, 3.05) is 19.3 Å². The molecule has 4 rings (SSSR count). The summed E-state index contributed by atoms with van der Waals surface area (Å²) in [7, 11) is 1.66. The van der Waals surface area contributed by atoms with Crippen LogP contribution in [-0.4, -0.2) is 50.1 Å². The quantitative estimate of drug-likeness (QED) is 0.572. The number of nitrogens with zero attached hydrogens (tertiary/aromatic N) is 3. The van der Waals surface area contributed by atoms with Crippen LogP contribution in [0.4, 0.5) is 5.82 Å². The summed E-state index contributed by atoms with van der Waals surface area (Å²) in [6.45, 7) is 0.499. The number of aromatic amines is 1. The number of fused-ring (bicyclic) bond motifs is 1. The number of amides is 1. The molecule has 1 atom stereocenters. The molecular formula is C19H17N5O2. The van der Waals surface area contributed by atoms with E-state index in [4.69, 9.17) is 5.73 Å². The standard InChI is InChI=1S/C19H17N5O2/c1-24-10-8-19(26,18(24)25)7-5-12-3-2-4-13(11-12)17-22-14-6-9-21-16(20)15(14)23-17/h2-4,6,9,11,26H,8,10H2,1H3,(H2,20,21)(H,22,23)/t19-/m0/s1. The summed E-state index contributed by atoms with van der Waals surface area (Å²) in [6, 6.07) is 9.22. The van der Waals surface area contributed by atoms with Crippen molar-refractivity contribution in [2.24, 2.45) is 0 Å². The zero-order valence-electron chi connectivity index (χ0n) is 14.2. The number of aromatic nitrogens is 3. The van der Waals surface area contributed by atoms with Gasteiger partial charge in [0.15, 0.2) is 5.82 Å². The molecule has 26 heavy (non-hydrogen) atoms. The van der Waals surface area contributed by atoms with Crippen LogP contribution < -0.4 is 5.73 Å². The van der Waals surface area contributed by atoms with Crippen molar-refractivity contribution in [3.63, 3.8) is 0 Å². The Hall–Kier alpha value is -3.37. The van der Waals surface area contributed by atoms with Crippen LogP contribution in [0.1, 0.15) is 12.0 Å². The van der Waals surface area contributed by atoms with Crippen molar-refractivity contribution >= 4 is 22.8 Å². The molecule has 0 spiro atoms. The minimum Gasteiger partial charge on any atom is -0.382 e. The minimum atomic E-state index is -1.61. The summed E-state index contributed by atoms with van der Waals surface area (Å²) < 4.78 is 0. The summed E-state index contributed by atoms with van der Waals surface area (Å²) in [6.07, 6.45) is 1.93. The molecule has 130 valence electrons. The maximum Gasteiger partial charge on any atom is 0.267 e. The van der Waals surface area contributed by atoms with Crippen LogP contribution in [0.15, 0.2) is 36.5 Å². The first-order valence-corrected chi connectivity index (χ1v) is 8.18. The number of nitrogens with one attached hydrogen (secondary N) is 1. The van der Waals surface area contributed by atoms with Gasteiger partial charge in [-0.15, -0.1) is 0 Å². The predicted octanol–water partition coefficient (Wildman–Crippen LogP) is 1.15. The summed E-state index contributed by atoms with van der Waals surface area (Å²) in [5, 5.41) is 10.4. The molecule has 1 amide bonds. The number of anilines is 1. The maximum absolute atomic E-state index is 12.0. The van der Waals surface area contributed by atoms with Gasteiger partial charge in [-0.05, 0) is 18.2 Å². The predicted molar refractivity (Wildman–Crippen MR) is 97.8 cm³/mol. The molecule has 0 bridgehead atoms. The number of aliphatic hydroxyl groups is 1. The van der Waals surface area contributed by atoms with Gasteiger partial charge in [-0.2, -0.15) is 0 Å². The zero-order valence-corrected chi connectivity index (χ0v) is 14.2. The lowest BCUT2D eigenvalue weighted by Crippen LogP contribution is -2.37. The molecule has 0 saturated carbocycles. The Bertz CT molecular complexity index is 1080. The van der Waals surface area contributed by atoms with Gasteiger partial charge in [0.05, 0.1) is 5.52 Å². The molecule has 4 N–H and O–H groups in total. The van der Waals surface area contributed by atoms with Crippen molar-refractivity contribution < 1.29 is 9.90 Å². The number of hydrogen-bond acceptors (Lipinski definition) is 5. The van der Waals surface area contributed by atoms with E-state index in [2.05, 4.69) is 26.8 Å². The Morgan fingerprint density at radius 1 is 1.38 bits per heavy atom. The topological polar surface area (TPSA) is 108 Å². The number of H-pyrrole nitrogens is 1. The number of likely N-dealkylation sites (N-methyl/N-ethyl adjacent to an activating group) is 1. The number of pyridine rings is 1. The molecule has 0 unspecified atom stereocenters. The lowest BCUT2D eigenvalue weighted by molar-refractivity contribution is -0.137. The van der Waals surface area contributed by atoms with E-state index in [1.54, 1.807) is 13.2 Å². The van der Waals surface area contributed by atoms with Crippen LogP contribution in [-0.2, 0) is 4.79 Å². The molecule has 1 aromatic carbocycles. The fourth-order valence-corrected chi connectivity index (χ4v) is 2.98. The van der Waals surface area contributed by atoms with Crippen LogP contribution in [0.3, 0.4) is 0 Å². The van der Waals surface area contributed by atoms with E-state index in [0.29, 0.717) is 35.7 Å². The Labute approximate surface area is 149 Å². The molecule has 1 saturated heterocycles. The normalized spacial score (nSPS) is 19.6. The zero-order chi connectivity index (χ0) is 18.3. The molecule has 7 nitrogen and oxygen atoms in total. The number of likely N-dealkylation sites (tertiary alicyclic amines) is 1. The maximum atomic E-state index is 12.0. The van der Waals surface area contributed by atoms with Crippen LogP contribution in [0.5, 0.6) is 0 Å².